The van der Waals surface area contributed by atoms with Gasteiger partial charge in [0.1, 0.15) is 18.0 Å². The van der Waals surface area contributed by atoms with E-state index in [4.69, 9.17) is 21.1 Å². The largest absolute Gasteiger partial charge is 0.497 e. The van der Waals surface area contributed by atoms with E-state index in [1.807, 2.05) is 13.0 Å². The molecule has 1 fully saturated rings. The van der Waals surface area contributed by atoms with Crippen LogP contribution >= 0.6 is 11.6 Å². The van der Waals surface area contributed by atoms with Crippen molar-refractivity contribution in [3.63, 3.8) is 0 Å². The van der Waals surface area contributed by atoms with Crippen molar-refractivity contribution in [2.24, 2.45) is 0 Å². The minimum atomic E-state index is -0.279. The zero-order valence-electron chi connectivity index (χ0n) is 16.0. The van der Waals surface area contributed by atoms with E-state index in [0.717, 1.165) is 5.56 Å². The molecule has 1 heterocycles. The molecule has 3 amide bonds. The number of methoxy groups -OCH3 is 2. The van der Waals surface area contributed by atoms with Crippen LogP contribution in [0, 0.1) is 6.92 Å². The van der Waals surface area contributed by atoms with Crippen LogP contribution in [-0.4, -0.2) is 50.7 Å². The highest BCUT2D eigenvalue weighted by atomic mass is 35.5. The first kappa shape index (κ1) is 19.8. The predicted molar refractivity (Wildman–Crippen MR) is 109 cm³/mol. The van der Waals surface area contributed by atoms with Crippen molar-refractivity contribution >= 4 is 34.9 Å². The predicted octanol–water partition coefficient (Wildman–Crippen LogP) is 3.55. The van der Waals surface area contributed by atoms with Gasteiger partial charge in [-0.05, 0) is 36.8 Å². The molecular weight excluding hydrogens is 382 g/mol. The van der Waals surface area contributed by atoms with Crippen molar-refractivity contribution in [3.05, 3.63) is 47.0 Å². The van der Waals surface area contributed by atoms with Gasteiger partial charge < -0.3 is 19.7 Å². The lowest BCUT2D eigenvalue weighted by Crippen LogP contribution is -2.37. The summed E-state index contributed by atoms with van der Waals surface area (Å²) >= 11 is 5.99. The Morgan fingerprint density at radius 1 is 1.14 bits per heavy atom. The molecule has 0 aromatic heterocycles. The Kier molecular flexibility index (Phi) is 5.94. The number of anilines is 2. The lowest BCUT2D eigenvalue weighted by Gasteiger charge is -2.21. The maximum Gasteiger partial charge on any atom is 0.325 e. The fraction of sp³-hybridized carbons (Fsp3) is 0.300. The van der Waals surface area contributed by atoms with Crippen LogP contribution in [0.4, 0.5) is 16.2 Å². The Morgan fingerprint density at radius 3 is 2.64 bits per heavy atom. The van der Waals surface area contributed by atoms with E-state index in [0.29, 0.717) is 41.0 Å². The number of nitrogens with zero attached hydrogens (tertiary/aromatic N) is 2. The third-order valence-corrected chi connectivity index (χ3v) is 4.82. The highest BCUT2D eigenvalue weighted by molar-refractivity contribution is 6.31. The van der Waals surface area contributed by atoms with Gasteiger partial charge in [0.2, 0.25) is 5.91 Å². The Morgan fingerprint density at radius 2 is 1.93 bits per heavy atom. The van der Waals surface area contributed by atoms with Gasteiger partial charge in [-0.2, -0.15) is 0 Å². The van der Waals surface area contributed by atoms with Gasteiger partial charge in [-0.25, -0.2) is 4.79 Å². The quantitative estimate of drug-likeness (QED) is 0.800. The Hall–Kier alpha value is -2.93. The van der Waals surface area contributed by atoms with Gasteiger partial charge in [-0.3, -0.25) is 9.69 Å². The fourth-order valence-electron chi connectivity index (χ4n) is 3.05. The molecular formula is C20H22ClN3O4. The third kappa shape index (κ3) is 4.14. The number of amides is 3. The minimum Gasteiger partial charge on any atom is -0.497 e. The van der Waals surface area contributed by atoms with Crippen LogP contribution in [0.2, 0.25) is 5.02 Å². The minimum absolute atomic E-state index is 0.0480. The summed E-state index contributed by atoms with van der Waals surface area (Å²) in [5.41, 5.74) is 2.14. The summed E-state index contributed by atoms with van der Waals surface area (Å²) in [5.74, 6) is 0.907. The molecule has 148 valence electrons. The van der Waals surface area contributed by atoms with Gasteiger partial charge in [0, 0.05) is 29.9 Å². The van der Waals surface area contributed by atoms with Crippen LogP contribution in [0.15, 0.2) is 36.4 Å². The summed E-state index contributed by atoms with van der Waals surface area (Å²) in [7, 11) is 3.11. The van der Waals surface area contributed by atoms with Crippen LogP contribution < -0.4 is 19.7 Å². The van der Waals surface area contributed by atoms with Gasteiger partial charge >= 0.3 is 6.03 Å². The second kappa shape index (κ2) is 8.39. The summed E-state index contributed by atoms with van der Waals surface area (Å²) in [6, 6.07) is 10.3. The number of ether oxygens (including phenoxy) is 2. The maximum absolute atomic E-state index is 12.8. The third-order valence-electron chi connectivity index (χ3n) is 4.58. The highest BCUT2D eigenvalue weighted by Crippen LogP contribution is 2.34. The molecule has 0 atom stereocenters. The van der Waals surface area contributed by atoms with E-state index >= 15 is 0 Å². The van der Waals surface area contributed by atoms with Crippen molar-refractivity contribution in [1.82, 2.24) is 4.90 Å². The van der Waals surface area contributed by atoms with E-state index in [1.165, 1.54) is 4.90 Å². The average Bonchev–Trinajstić information content (AvgIpc) is 3.04. The zero-order valence-corrected chi connectivity index (χ0v) is 16.7. The molecule has 0 aliphatic carbocycles. The van der Waals surface area contributed by atoms with Crippen LogP contribution in [0.1, 0.15) is 5.56 Å². The molecule has 0 saturated carbocycles. The summed E-state index contributed by atoms with van der Waals surface area (Å²) in [5, 5.41) is 3.35. The average molecular weight is 404 g/mol. The number of carbonyl (C=O) groups is 2. The van der Waals surface area contributed by atoms with E-state index in [1.54, 1.807) is 49.5 Å². The fourth-order valence-corrected chi connectivity index (χ4v) is 3.22. The number of nitrogens with one attached hydrogen (secondary N) is 1. The molecule has 1 saturated heterocycles. The Balaban J connectivity index is 1.70. The van der Waals surface area contributed by atoms with Crippen LogP contribution in [-0.2, 0) is 4.79 Å². The molecule has 1 aliphatic heterocycles. The first-order chi connectivity index (χ1) is 13.4. The number of hydrogen-bond donors (Lipinski definition) is 1. The molecule has 1 aliphatic rings. The molecule has 2 aromatic rings. The number of rotatable bonds is 6. The number of benzene rings is 2. The lowest BCUT2D eigenvalue weighted by atomic mass is 10.2. The molecule has 28 heavy (non-hydrogen) atoms. The lowest BCUT2D eigenvalue weighted by molar-refractivity contribution is -0.116. The monoisotopic (exact) mass is 403 g/mol. The smallest absolute Gasteiger partial charge is 0.325 e. The normalized spacial score (nSPS) is 13.6. The number of halogens is 1. The molecule has 0 bridgehead atoms. The Labute approximate surface area is 168 Å². The van der Waals surface area contributed by atoms with E-state index < -0.39 is 0 Å². The second-order valence-corrected chi connectivity index (χ2v) is 6.84. The molecule has 0 spiro atoms. The first-order valence-electron chi connectivity index (χ1n) is 8.77. The molecule has 2 aromatic carbocycles. The molecule has 0 radical (unpaired) electrons. The summed E-state index contributed by atoms with van der Waals surface area (Å²) in [6.45, 7) is 2.71. The van der Waals surface area contributed by atoms with Crippen molar-refractivity contribution in [2.75, 3.05) is 44.1 Å². The van der Waals surface area contributed by atoms with Crippen LogP contribution in [0.25, 0.3) is 0 Å². The molecule has 8 heteroatoms. The van der Waals surface area contributed by atoms with E-state index in [9.17, 15) is 9.59 Å². The number of aryl methyl sites for hydroxylation is 1. The SMILES string of the molecule is COc1ccc(OC)c(N2CCN(CC(=O)Nc3cc(Cl)ccc3C)C2=O)c1. The standard InChI is InChI=1S/C20H22ClN3O4/c1-13-4-5-14(21)10-16(13)22-19(25)12-23-8-9-24(20(23)26)17-11-15(27-2)6-7-18(17)28-3/h4-7,10-11H,8-9,12H2,1-3H3,(H,22,25). The molecule has 7 nitrogen and oxygen atoms in total. The molecule has 1 N–H and O–H groups in total. The topological polar surface area (TPSA) is 71.1 Å². The van der Waals surface area contributed by atoms with Gasteiger partial charge in [-0.15, -0.1) is 0 Å². The summed E-state index contributed by atoms with van der Waals surface area (Å²) in [6.07, 6.45) is 0. The molecule has 3 rings (SSSR count). The number of carbonyl (C=O) groups excluding carboxylic acids is 2. The van der Waals surface area contributed by atoms with Crippen molar-refractivity contribution in [1.29, 1.82) is 0 Å². The molecule has 0 unspecified atom stereocenters. The second-order valence-electron chi connectivity index (χ2n) is 6.40. The maximum atomic E-state index is 12.8. The van der Waals surface area contributed by atoms with Gasteiger partial charge in [-0.1, -0.05) is 17.7 Å². The van der Waals surface area contributed by atoms with Gasteiger partial charge in [0.05, 0.1) is 19.9 Å². The van der Waals surface area contributed by atoms with Crippen molar-refractivity contribution in [2.45, 2.75) is 6.92 Å². The van der Waals surface area contributed by atoms with Crippen LogP contribution in [0.5, 0.6) is 11.5 Å². The summed E-state index contributed by atoms with van der Waals surface area (Å²) < 4.78 is 10.6. The Bertz CT molecular complexity index is 903. The van der Waals surface area contributed by atoms with Crippen molar-refractivity contribution < 1.29 is 19.1 Å². The zero-order chi connectivity index (χ0) is 20.3. The van der Waals surface area contributed by atoms with Crippen LogP contribution in [0.3, 0.4) is 0 Å². The van der Waals surface area contributed by atoms with E-state index in [-0.39, 0.29) is 18.5 Å². The van der Waals surface area contributed by atoms with E-state index in [2.05, 4.69) is 5.32 Å². The number of hydrogen-bond acceptors (Lipinski definition) is 4. The van der Waals surface area contributed by atoms with Crippen molar-refractivity contribution in [3.8, 4) is 11.5 Å². The van der Waals surface area contributed by atoms with Gasteiger partial charge in [0.15, 0.2) is 0 Å². The summed E-state index contributed by atoms with van der Waals surface area (Å²) in [4.78, 5) is 28.3. The highest BCUT2D eigenvalue weighted by Gasteiger charge is 2.32. The van der Waals surface area contributed by atoms with Gasteiger partial charge in [0.25, 0.3) is 0 Å². The first-order valence-corrected chi connectivity index (χ1v) is 9.15. The number of urea groups is 1.